The van der Waals surface area contributed by atoms with Gasteiger partial charge in [0.1, 0.15) is 0 Å². The van der Waals surface area contributed by atoms with Gasteiger partial charge in [-0.15, -0.1) is 0 Å². The van der Waals surface area contributed by atoms with Crippen molar-refractivity contribution in [1.82, 2.24) is 14.8 Å². The Labute approximate surface area is 224 Å². The maximum Gasteiger partial charge on any atom is 0.264 e. The molecule has 0 aliphatic carbocycles. The zero-order valence-electron chi connectivity index (χ0n) is 20.5. The van der Waals surface area contributed by atoms with Crippen molar-refractivity contribution in [3.63, 3.8) is 0 Å². The van der Waals surface area contributed by atoms with E-state index in [0.717, 1.165) is 34.3 Å². The molecule has 0 fully saturated rings. The Morgan fingerprint density at radius 2 is 1.76 bits per heavy atom. The Morgan fingerprint density at radius 3 is 2.55 bits per heavy atom. The van der Waals surface area contributed by atoms with E-state index in [-0.39, 0.29) is 10.8 Å². The molecule has 0 radical (unpaired) electrons. The van der Waals surface area contributed by atoms with Crippen molar-refractivity contribution >= 4 is 48.3 Å². The zero-order valence-corrected chi connectivity index (χ0v) is 22.1. The summed E-state index contributed by atoms with van der Waals surface area (Å²) in [5, 5.41) is 4.83. The lowest BCUT2D eigenvalue weighted by molar-refractivity contribution is 0.0985. The van der Waals surface area contributed by atoms with Gasteiger partial charge in [-0.25, -0.2) is 13.4 Å². The molecule has 0 saturated heterocycles. The summed E-state index contributed by atoms with van der Waals surface area (Å²) in [4.78, 5) is 20.2. The first-order chi connectivity index (χ1) is 18.5. The van der Waals surface area contributed by atoms with Gasteiger partial charge in [0.15, 0.2) is 5.13 Å². The van der Waals surface area contributed by atoms with Crippen LogP contribution in [0.1, 0.15) is 22.3 Å². The molecule has 3 aromatic carbocycles. The Kier molecular flexibility index (Phi) is 6.42. The summed E-state index contributed by atoms with van der Waals surface area (Å²) in [6, 6.07) is 23.4. The second-order valence-electron chi connectivity index (χ2n) is 9.02. The molecule has 192 valence electrons. The fourth-order valence-corrected chi connectivity index (χ4v) is 7.23. The zero-order chi connectivity index (χ0) is 26.1. The van der Waals surface area contributed by atoms with Gasteiger partial charge < -0.3 is 0 Å². The molecule has 6 rings (SSSR count). The standard InChI is InChI=1S/C28H25N5O3S2/c34-27(32(20-19-31-17-6-16-29-31)28-30-24-9-2-4-11-26(24)37-28)22-12-14-23(15-13-22)38(35,36)33-18-5-8-21-7-1-3-10-25(21)33/h1-4,6-7,9-17H,5,8,18-20H2. The van der Waals surface area contributed by atoms with Crippen LogP contribution in [0, 0.1) is 0 Å². The third kappa shape index (κ3) is 4.57. The molecule has 1 aliphatic heterocycles. The van der Waals surface area contributed by atoms with Gasteiger partial charge in [0.2, 0.25) is 0 Å². The first kappa shape index (κ1) is 24.3. The maximum atomic E-state index is 13.7. The number of thiazole rings is 1. The minimum atomic E-state index is -3.76. The van der Waals surface area contributed by atoms with Crippen LogP contribution in [0.5, 0.6) is 0 Å². The van der Waals surface area contributed by atoms with Gasteiger partial charge in [-0.3, -0.25) is 18.7 Å². The molecule has 1 aliphatic rings. The molecule has 1 amide bonds. The maximum absolute atomic E-state index is 13.7. The monoisotopic (exact) mass is 543 g/mol. The highest BCUT2D eigenvalue weighted by atomic mass is 32.2. The number of sulfonamides is 1. The summed E-state index contributed by atoms with van der Waals surface area (Å²) in [6.45, 7) is 1.29. The number of rotatable bonds is 7. The summed E-state index contributed by atoms with van der Waals surface area (Å²) in [6.07, 6.45) is 5.17. The van der Waals surface area contributed by atoms with Gasteiger partial charge in [0.25, 0.3) is 15.9 Å². The van der Waals surface area contributed by atoms with Crippen LogP contribution < -0.4 is 9.21 Å². The molecule has 10 heteroatoms. The number of carbonyl (C=O) groups excluding carboxylic acids is 1. The van der Waals surface area contributed by atoms with E-state index in [2.05, 4.69) is 5.10 Å². The average Bonchev–Trinajstić information content (AvgIpc) is 3.63. The SMILES string of the molecule is O=C(c1ccc(S(=O)(=O)N2CCCc3ccccc32)cc1)N(CCn1cccn1)c1nc2ccccc2s1. The van der Waals surface area contributed by atoms with Gasteiger partial charge in [0.05, 0.1) is 27.3 Å². The molecule has 0 N–H and O–H groups in total. The molecule has 0 bridgehead atoms. The van der Waals surface area contributed by atoms with Gasteiger partial charge in [-0.05, 0) is 66.9 Å². The van der Waals surface area contributed by atoms with Crippen molar-refractivity contribution in [2.24, 2.45) is 0 Å². The molecular weight excluding hydrogens is 518 g/mol. The van der Waals surface area contributed by atoms with Crippen LogP contribution in [0.4, 0.5) is 10.8 Å². The van der Waals surface area contributed by atoms with Crippen molar-refractivity contribution in [3.05, 3.63) is 102 Å². The predicted octanol–water partition coefficient (Wildman–Crippen LogP) is 4.98. The first-order valence-electron chi connectivity index (χ1n) is 12.4. The third-order valence-electron chi connectivity index (χ3n) is 6.63. The molecule has 8 nitrogen and oxygen atoms in total. The second-order valence-corrected chi connectivity index (χ2v) is 11.9. The van der Waals surface area contributed by atoms with Crippen LogP contribution in [0.25, 0.3) is 10.2 Å². The number of fused-ring (bicyclic) bond motifs is 2. The van der Waals surface area contributed by atoms with Crippen molar-refractivity contribution in [3.8, 4) is 0 Å². The average molecular weight is 544 g/mol. The van der Waals surface area contributed by atoms with Gasteiger partial charge in [-0.1, -0.05) is 41.7 Å². The number of aromatic nitrogens is 3. The molecule has 0 unspecified atom stereocenters. The quantitative estimate of drug-likeness (QED) is 0.289. The lowest BCUT2D eigenvalue weighted by atomic mass is 10.0. The van der Waals surface area contributed by atoms with E-state index in [1.165, 1.54) is 27.8 Å². The Bertz CT molecular complexity index is 1660. The lowest BCUT2D eigenvalue weighted by Gasteiger charge is -2.30. The number of benzene rings is 3. The number of amides is 1. The Hall–Kier alpha value is -4.02. The highest BCUT2D eigenvalue weighted by Crippen LogP contribution is 2.33. The van der Waals surface area contributed by atoms with Gasteiger partial charge in [0, 0.05) is 31.0 Å². The highest BCUT2D eigenvalue weighted by Gasteiger charge is 2.29. The first-order valence-corrected chi connectivity index (χ1v) is 14.6. The van der Waals surface area contributed by atoms with Crippen LogP contribution in [0.15, 0.2) is 96.2 Å². The van der Waals surface area contributed by atoms with E-state index in [0.29, 0.717) is 30.3 Å². The summed E-state index contributed by atoms with van der Waals surface area (Å²) in [5.41, 5.74) is 2.97. The van der Waals surface area contributed by atoms with Crippen LogP contribution in [-0.2, 0) is 23.0 Å². The molecule has 2 aromatic heterocycles. The predicted molar refractivity (Wildman–Crippen MR) is 149 cm³/mol. The van der Waals surface area contributed by atoms with Crippen LogP contribution in [0.2, 0.25) is 0 Å². The van der Waals surface area contributed by atoms with E-state index in [1.807, 2.05) is 60.8 Å². The van der Waals surface area contributed by atoms with E-state index in [1.54, 1.807) is 27.9 Å². The third-order valence-corrected chi connectivity index (χ3v) is 9.51. The minimum absolute atomic E-state index is 0.161. The lowest BCUT2D eigenvalue weighted by Crippen LogP contribution is -2.35. The van der Waals surface area contributed by atoms with Gasteiger partial charge >= 0.3 is 0 Å². The van der Waals surface area contributed by atoms with Crippen LogP contribution in [0.3, 0.4) is 0 Å². The molecule has 3 heterocycles. The number of nitrogens with zero attached hydrogens (tertiary/aromatic N) is 5. The fourth-order valence-electron chi connectivity index (χ4n) is 4.70. The number of para-hydroxylation sites is 2. The smallest absolute Gasteiger partial charge is 0.264 e. The molecule has 0 atom stereocenters. The highest BCUT2D eigenvalue weighted by molar-refractivity contribution is 7.92. The van der Waals surface area contributed by atoms with E-state index in [4.69, 9.17) is 4.98 Å². The summed E-state index contributed by atoms with van der Waals surface area (Å²) >= 11 is 1.45. The van der Waals surface area contributed by atoms with Gasteiger partial charge in [-0.2, -0.15) is 5.10 Å². The van der Waals surface area contributed by atoms with E-state index < -0.39 is 10.0 Å². The number of aryl methyl sites for hydroxylation is 1. The molecule has 38 heavy (non-hydrogen) atoms. The van der Waals surface area contributed by atoms with Crippen LogP contribution in [-0.4, -0.2) is 42.2 Å². The van der Waals surface area contributed by atoms with Crippen molar-refractivity contribution in [2.45, 2.75) is 24.3 Å². The summed E-state index contributed by atoms with van der Waals surface area (Å²) < 4.78 is 31.3. The normalized spacial score (nSPS) is 13.4. The van der Waals surface area contributed by atoms with Crippen molar-refractivity contribution in [1.29, 1.82) is 0 Å². The topological polar surface area (TPSA) is 88.4 Å². The number of carbonyl (C=O) groups is 1. The fraction of sp³-hybridized carbons (Fsp3) is 0.179. The molecular formula is C28H25N5O3S2. The van der Waals surface area contributed by atoms with Crippen molar-refractivity contribution in [2.75, 3.05) is 22.3 Å². The minimum Gasteiger partial charge on any atom is -0.282 e. The number of hydrogen-bond acceptors (Lipinski definition) is 6. The number of hydrogen-bond donors (Lipinski definition) is 0. The summed E-state index contributed by atoms with van der Waals surface area (Å²) in [5.74, 6) is -0.247. The summed E-state index contributed by atoms with van der Waals surface area (Å²) in [7, 11) is -3.76. The largest absolute Gasteiger partial charge is 0.282 e. The number of anilines is 2. The van der Waals surface area contributed by atoms with Crippen molar-refractivity contribution < 1.29 is 13.2 Å². The molecule has 0 spiro atoms. The Morgan fingerprint density at radius 1 is 0.974 bits per heavy atom. The van der Waals surface area contributed by atoms with E-state index in [9.17, 15) is 13.2 Å². The Balaban J connectivity index is 1.29. The molecule has 0 saturated carbocycles. The molecule has 5 aromatic rings. The van der Waals surface area contributed by atoms with Crippen LogP contribution >= 0.6 is 11.3 Å². The second kappa shape index (κ2) is 10.0. The van der Waals surface area contributed by atoms with E-state index >= 15 is 0 Å².